The fourth-order valence-electron chi connectivity index (χ4n) is 5.43. The Labute approximate surface area is 259 Å². The highest BCUT2D eigenvalue weighted by molar-refractivity contribution is 6.07. The van der Waals surface area contributed by atoms with Gasteiger partial charge in [0.25, 0.3) is 11.5 Å². The second-order valence-electron chi connectivity index (χ2n) is 11.2. The number of fused-ring (bicyclic) bond motifs is 1. The van der Waals surface area contributed by atoms with Gasteiger partial charge in [0.1, 0.15) is 17.0 Å². The van der Waals surface area contributed by atoms with E-state index in [1.165, 1.54) is 12.3 Å². The molecular weight excluding hydrogens is 616 g/mol. The Hall–Kier alpha value is -4.65. The van der Waals surface area contributed by atoms with Crippen molar-refractivity contribution in [2.45, 2.75) is 56.6 Å². The van der Waals surface area contributed by atoms with Crippen molar-refractivity contribution < 1.29 is 45.8 Å². The maximum Gasteiger partial charge on any atom is 0.430 e. The fraction of sp³-hybridized carbons (Fsp3) is 0.303. The van der Waals surface area contributed by atoms with E-state index in [0.29, 0.717) is 29.8 Å². The number of ether oxygens (including phenoxy) is 1. The van der Waals surface area contributed by atoms with Crippen LogP contribution in [-0.2, 0) is 28.8 Å². The number of benzene rings is 3. The molecule has 7 nitrogen and oxygen atoms in total. The molecule has 1 fully saturated rings. The van der Waals surface area contributed by atoms with Crippen molar-refractivity contribution in [2.24, 2.45) is 0 Å². The Morgan fingerprint density at radius 1 is 0.891 bits per heavy atom. The molecule has 1 unspecified atom stereocenters. The quantitative estimate of drug-likeness (QED) is 0.147. The molecule has 1 aliphatic heterocycles. The maximum atomic E-state index is 13.4. The molecule has 0 saturated carbocycles. The first kappa shape index (κ1) is 32.7. The number of carbonyl (C=O) groups excluding carboxylic acids is 2. The molecule has 1 aromatic heterocycles. The summed E-state index contributed by atoms with van der Waals surface area (Å²) in [7, 11) is 0. The molecule has 0 bridgehead atoms. The lowest BCUT2D eigenvalue weighted by Crippen LogP contribution is -2.53. The number of imide groups is 1. The van der Waals surface area contributed by atoms with Crippen LogP contribution in [0.5, 0.6) is 11.5 Å². The number of rotatable bonds is 9. The molecule has 2 N–H and O–H groups in total. The van der Waals surface area contributed by atoms with Crippen LogP contribution < -0.4 is 10.1 Å². The van der Waals surface area contributed by atoms with Crippen molar-refractivity contribution in [2.75, 3.05) is 6.54 Å². The molecule has 0 radical (unpaired) electrons. The summed E-state index contributed by atoms with van der Waals surface area (Å²) in [5, 5.41) is 14.5. The average molecular weight is 646 g/mol. The highest BCUT2D eigenvalue weighted by Gasteiger charge is 2.71. The van der Waals surface area contributed by atoms with Crippen molar-refractivity contribution in [1.29, 1.82) is 0 Å². The predicted molar refractivity (Wildman–Crippen MR) is 156 cm³/mol. The molecule has 3 aromatic carbocycles. The third-order valence-electron chi connectivity index (χ3n) is 8.04. The Balaban J connectivity index is 1.28. The van der Waals surface area contributed by atoms with Crippen molar-refractivity contribution in [3.8, 4) is 11.5 Å². The molecule has 13 heteroatoms. The van der Waals surface area contributed by atoms with E-state index < -0.39 is 41.0 Å². The minimum Gasteiger partial charge on any atom is -0.455 e. The summed E-state index contributed by atoms with van der Waals surface area (Å²) >= 11 is 0. The van der Waals surface area contributed by atoms with Crippen molar-refractivity contribution >= 4 is 22.7 Å². The number of aromatic nitrogens is 1. The van der Waals surface area contributed by atoms with Gasteiger partial charge in [0.15, 0.2) is 0 Å². The van der Waals surface area contributed by atoms with Gasteiger partial charge in [0.05, 0.1) is 6.20 Å². The van der Waals surface area contributed by atoms with Crippen molar-refractivity contribution in [3.63, 3.8) is 0 Å². The number of nitrogens with one attached hydrogen (secondary N) is 1. The van der Waals surface area contributed by atoms with Gasteiger partial charge >= 0.3 is 18.4 Å². The minimum absolute atomic E-state index is 0.000778. The maximum absolute atomic E-state index is 13.4. The molecule has 3 amide bonds. The predicted octanol–water partition coefficient (Wildman–Crippen LogP) is 7.30. The number of alkyl halides is 6. The van der Waals surface area contributed by atoms with Crippen LogP contribution in [0.25, 0.3) is 10.8 Å². The molecule has 2 heterocycles. The number of nitrogens with zero attached hydrogens (tertiary/aromatic N) is 2. The van der Waals surface area contributed by atoms with Gasteiger partial charge in [-0.05, 0) is 65.6 Å². The molecule has 1 aliphatic rings. The molecule has 0 aliphatic carbocycles. The molecule has 242 valence electrons. The first-order valence-corrected chi connectivity index (χ1v) is 14.3. The van der Waals surface area contributed by atoms with E-state index in [2.05, 4.69) is 10.3 Å². The van der Waals surface area contributed by atoms with Crippen LogP contribution in [0.1, 0.15) is 42.7 Å². The van der Waals surface area contributed by atoms with Gasteiger partial charge in [-0.2, -0.15) is 26.3 Å². The molecular formula is C33H29F6N3O4. The van der Waals surface area contributed by atoms with Crippen LogP contribution in [0.15, 0.2) is 79.0 Å². The Bertz CT molecular complexity index is 1760. The van der Waals surface area contributed by atoms with Gasteiger partial charge < -0.3 is 15.2 Å². The topological polar surface area (TPSA) is 91.8 Å². The normalized spacial score (nSPS) is 17.5. The first-order chi connectivity index (χ1) is 21.6. The molecule has 1 saturated heterocycles. The zero-order chi connectivity index (χ0) is 33.5. The summed E-state index contributed by atoms with van der Waals surface area (Å²) < 4.78 is 86.2. The fourth-order valence-corrected chi connectivity index (χ4v) is 5.43. The van der Waals surface area contributed by atoms with Crippen LogP contribution in [0.3, 0.4) is 0 Å². The number of hydrogen-bond donors (Lipinski definition) is 2. The number of urea groups is 1. The van der Waals surface area contributed by atoms with E-state index >= 15 is 0 Å². The van der Waals surface area contributed by atoms with E-state index in [1.54, 1.807) is 26.0 Å². The number of carbonyl (C=O) groups is 2. The second-order valence-corrected chi connectivity index (χ2v) is 11.2. The zero-order valence-corrected chi connectivity index (χ0v) is 24.7. The van der Waals surface area contributed by atoms with E-state index in [-0.39, 0.29) is 36.4 Å². The minimum atomic E-state index is -6.01. The highest BCUT2D eigenvalue weighted by atomic mass is 19.4. The van der Waals surface area contributed by atoms with E-state index in [9.17, 15) is 41.0 Å². The molecule has 46 heavy (non-hydrogen) atoms. The van der Waals surface area contributed by atoms with E-state index in [1.807, 2.05) is 36.4 Å². The Morgan fingerprint density at radius 2 is 1.59 bits per heavy atom. The lowest BCUT2D eigenvalue weighted by Gasteiger charge is -2.33. The number of halogens is 6. The largest absolute Gasteiger partial charge is 0.455 e. The average Bonchev–Trinajstić information content (AvgIpc) is 3.23. The highest BCUT2D eigenvalue weighted by Crippen LogP contribution is 2.50. The van der Waals surface area contributed by atoms with Gasteiger partial charge in [-0.15, -0.1) is 0 Å². The van der Waals surface area contributed by atoms with Crippen LogP contribution >= 0.6 is 0 Å². The van der Waals surface area contributed by atoms with Crippen molar-refractivity contribution in [3.05, 3.63) is 101 Å². The monoisotopic (exact) mass is 645 g/mol. The summed E-state index contributed by atoms with van der Waals surface area (Å²) in [4.78, 5) is 31.6. The Morgan fingerprint density at radius 3 is 2.22 bits per heavy atom. The number of aliphatic hydroxyl groups is 1. The number of amides is 3. The molecule has 5 rings (SSSR count). The smallest absolute Gasteiger partial charge is 0.430 e. The van der Waals surface area contributed by atoms with Gasteiger partial charge in [0, 0.05) is 24.2 Å². The summed E-state index contributed by atoms with van der Waals surface area (Å²) in [6, 6.07) is 17.8. The summed E-state index contributed by atoms with van der Waals surface area (Å²) in [6.07, 6.45) is -10.1. The van der Waals surface area contributed by atoms with Gasteiger partial charge in [0.2, 0.25) is 0 Å². The Kier molecular flexibility index (Phi) is 8.49. The van der Waals surface area contributed by atoms with Crippen LogP contribution in [0.4, 0.5) is 31.1 Å². The van der Waals surface area contributed by atoms with Crippen LogP contribution in [-0.4, -0.2) is 45.8 Å². The molecule has 1 atom stereocenters. The summed E-state index contributed by atoms with van der Waals surface area (Å²) in [6.45, 7) is 3.36. The number of aryl methyl sites for hydroxylation is 1. The zero-order valence-electron chi connectivity index (χ0n) is 24.7. The van der Waals surface area contributed by atoms with E-state index in [0.717, 1.165) is 21.7 Å². The SMILES string of the molecule is CCCc1cc(C(O)(C(F)(F)F)C(F)(F)F)ccc1Oc1ccc(CCN2C(=O)NC(C)(c3ccc4ccccc4c3)C2=O)nc1. The molecule has 0 spiro atoms. The third kappa shape index (κ3) is 5.86. The summed E-state index contributed by atoms with van der Waals surface area (Å²) in [5.74, 6) is -0.267. The molecule has 4 aromatic rings. The third-order valence-corrected chi connectivity index (χ3v) is 8.04. The van der Waals surface area contributed by atoms with Gasteiger partial charge in [-0.3, -0.25) is 14.7 Å². The lowest BCUT2D eigenvalue weighted by molar-refractivity contribution is -0.376. The summed E-state index contributed by atoms with van der Waals surface area (Å²) in [5.41, 5.74) is -6.50. The number of pyridine rings is 1. The second kappa shape index (κ2) is 11.9. The van der Waals surface area contributed by atoms with E-state index in [4.69, 9.17) is 4.74 Å². The van der Waals surface area contributed by atoms with Crippen LogP contribution in [0.2, 0.25) is 0 Å². The van der Waals surface area contributed by atoms with Crippen molar-refractivity contribution in [1.82, 2.24) is 15.2 Å². The number of hydrogen-bond acceptors (Lipinski definition) is 5. The lowest BCUT2D eigenvalue weighted by atomic mass is 9.90. The van der Waals surface area contributed by atoms with Gasteiger partial charge in [-0.1, -0.05) is 55.8 Å². The first-order valence-electron chi connectivity index (χ1n) is 14.3. The van der Waals surface area contributed by atoms with Crippen LogP contribution in [0, 0.1) is 0 Å². The standard InChI is InChI=1S/C33H29F6N3O4/c1-3-6-22-18-24(31(45,32(34,35)36)33(37,38)39)11-14-27(22)46-26-13-12-25(40-19-26)15-16-42-28(43)30(2,41-29(42)44)23-10-9-20-7-4-5-8-21(20)17-23/h4-5,7-14,17-19,45H,3,6,15-16H2,1-2H3,(H,41,44). The van der Waals surface area contributed by atoms with Gasteiger partial charge in [-0.25, -0.2) is 4.79 Å².